The van der Waals surface area contributed by atoms with E-state index in [1.807, 2.05) is 4.98 Å². The van der Waals surface area contributed by atoms with Gasteiger partial charge in [0.25, 0.3) is 11.5 Å². The lowest BCUT2D eigenvalue weighted by atomic mass is 10.1. The van der Waals surface area contributed by atoms with Crippen molar-refractivity contribution in [2.45, 2.75) is 12.4 Å². The van der Waals surface area contributed by atoms with Gasteiger partial charge in [0.05, 0.1) is 11.1 Å². The number of amides is 1. The molecule has 0 aliphatic heterocycles. The van der Waals surface area contributed by atoms with E-state index >= 15 is 0 Å². The molecule has 1 amide bonds. The molecule has 1 heterocycles. The normalized spacial score (nSPS) is 12.1. The maximum absolute atomic E-state index is 12.8. The van der Waals surface area contributed by atoms with E-state index in [2.05, 4.69) is 0 Å². The minimum Gasteiger partial charge on any atom is -0.322 e. The van der Waals surface area contributed by atoms with Crippen LogP contribution in [0.15, 0.2) is 34.0 Å². The maximum Gasteiger partial charge on any atom is 0.416 e. The number of anilines is 1. The first kappa shape index (κ1) is 19.3. The predicted molar refractivity (Wildman–Crippen MR) is 76.7 cm³/mol. The summed E-state index contributed by atoms with van der Waals surface area (Å²) in [6.07, 6.45) is -9.47. The third-order valence-electron chi connectivity index (χ3n) is 3.27. The smallest absolute Gasteiger partial charge is 0.322 e. The summed E-state index contributed by atoms with van der Waals surface area (Å²) < 4.78 is 77.2. The first-order valence-electron chi connectivity index (χ1n) is 6.70. The van der Waals surface area contributed by atoms with Gasteiger partial charge in [-0.3, -0.25) is 14.2 Å². The molecule has 2 N–H and O–H groups in total. The van der Waals surface area contributed by atoms with Crippen LogP contribution in [0, 0.1) is 0 Å². The second-order valence-corrected chi connectivity index (χ2v) is 5.12. The van der Waals surface area contributed by atoms with Crippen molar-refractivity contribution >= 4 is 11.6 Å². The number of halogens is 6. The van der Waals surface area contributed by atoms with Crippen LogP contribution in [0.2, 0.25) is 0 Å². The highest BCUT2D eigenvalue weighted by Gasteiger charge is 2.37. The van der Waals surface area contributed by atoms with E-state index in [0.717, 1.165) is 7.05 Å². The fourth-order valence-corrected chi connectivity index (χ4v) is 1.95. The van der Waals surface area contributed by atoms with Crippen molar-refractivity contribution in [3.8, 4) is 0 Å². The van der Waals surface area contributed by atoms with Gasteiger partial charge >= 0.3 is 18.0 Å². The van der Waals surface area contributed by atoms with E-state index in [1.54, 1.807) is 5.32 Å². The number of hydrogen-bond donors (Lipinski definition) is 2. The standard InChI is InChI=1S/C14H9F6N3O3/c1-23-11(25)9(5-21-12(23)26)10(24)22-8-3-6(13(15,16)17)2-7(4-8)14(18,19)20/h2-5H,1H3,(H,21,26)(H,22,24). The molecule has 0 radical (unpaired) electrons. The van der Waals surface area contributed by atoms with Crippen LogP contribution in [-0.2, 0) is 19.4 Å². The molecule has 0 unspecified atom stereocenters. The maximum atomic E-state index is 12.8. The van der Waals surface area contributed by atoms with E-state index in [-0.39, 0.29) is 6.07 Å². The number of H-pyrrole nitrogens is 1. The molecule has 0 saturated heterocycles. The second-order valence-electron chi connectivity index (χ2n) is 5.12. The number of aromatic nitrogens is 2. The molecule has 12 heteroatoms. The van der Waals surface area contributed by atoms with Crippen LogP contribution >= 0.6 is 0 Å². The van der Waals surface area contributed by atoms with Crippen molar-refractivity contribution in [2.75, 3.05) is 5.32 Å². The lowest BCUT2D eigenvalue weighted by Crippen LogP contribution is -2.37. The number of nitrogens with one attached hydrogen (secondary N) is 2. The molecule has 6 nitrogen and oxygen atoms in total. The summed E-state index contributed by atoms with van der Waals surface area (Å²) in [7, 11) is 1.03. The van der Waals surface area contributed by atoms with E-state index in [0.29, 0.717) is 22.9 Å². The van der Waals surface area contributed by atoms with Gasteiger partial charge < -0.3 is 10.3 Å². The van der Waals surface area contributed by atoms with Crippen molar-refractivity contribution in [3.05, 3.63) is 61.9 Å². The van der Waals surface area contributed by atoms with E-state index in [1.165, 1.54) is 0 Å². The quantitative estimate of drug-likeness (QED) is 0.784. The molecule has 0 fully saturated rings. The molecule has 0 aliphatic rings. The van der Waals surface area contributed by atoms with Gasteiger partial charge in [0, 0.05) is 18.9 Å². The van der Waals surface area contributed by atoms with E-state index < -0.39 is 51.9 Å². The third-order valence-corrected chi connectivity index (χ3v) is 3.27. The molecule has 0 atom stereocenters. The molecule has 0 spiro atoms. The molecular formula is C14H9F6N3O3. The van der Waals surface area contributed by atoms with Crippen molar-refractivity contribution < 1.29 is 31.1 Å². The monoisotopic (exact) mass is 381 g/mol. The SMILES string of the molecule is Cn1c(=O)[nH]cc(C(=O)Nc2cc(C(F)(F)F)cc(C(F)(F)F)c2)c1=O. The van der Waals surface area contributed by atoms with Crippen molar-refractivity contribution in [2.24, 2.45) is 7.05 Å². The van der Waals surface area contributed by atoms with Gasteiger partial charge in [0.2, 0.25) is 0 Å². The van der Waals surface area contributed by atoms with Gasteiger partial charge in [-0.1, -0.05) is 0 Å². The summed E-state index contributed by atoms with van der Waals surface area (Å²) >= 11 is 0. The van der Waals surface area contributed by atoms with Crippen molar-refractivity contribution in [1.29, 1.82) is 0 Å². The highest BCUT2D eigenvalue weighted by molar-refractivity contribution is 6.03. The lowest BCUT2D eigenvalue weighted by molar-refractivity contribution is -0.143. The zero-order chi connectivity index (χ0) is 19.9. The average Bonchev–Trinajstić information content (AvgIpc) is 2.50. The summed E-state index contributed by atoms with van der Waals surface area (Å²) in [4.78, 5) is 37.0. The molecule has 0 aliphatic carbocycles. The zero-order valence-corrected chi connectivity index (χ0v) is 12.7. The summed E-state index contributed by atoms with van der Waals surface area (Å²) in [6.45, 7) is 0. The highest BCUT2D eigenvalue weighted by Crippen LogP contribution is 2.37. The van der Waals surface area contributed by atoms with Crippen LogP contribution in [0.25, 0.3) is 0 Å². The molecule has 0 bridgehead atoms. The summed E-state index contributed by atoms with van der Waals surface area (Å²) in [5.41, 5.74) is -6.67. The minimum atomic E-state index is -5.09. The van der Waals surface area contributed by atoms with Gasteiger partial charge in [-0.15, -0.1) is 0 Å². The van der Waals surface area contributed by atoms with Crippen LogP contribution in [0.1, 0.15) is 21.5 Å². The Kier molecular flexibility index (Phi) is 4.71. The number of aromatic amines is 1. The molecule has 26 heavy (non-hydrogen) atoms. The molecule has 2 aromatic rings. The fraction of sp³-hybridized carbons (Fsp3) is 0.214. The number of rotatable bonds is 2. The van der Waals surface area contributed by atoms with Crippen LogP contribution in [-0.4, -0.2) is 15.5 Å². The first-order valence-corrected chi connectivity index (χ1v) is 6.70. The van der Waals surface area contributed by atoms with E-state index in [4.69, 9.17) is 0 Å². The van der Waals surface area contributed by atoms with Crippen LogP contribution in [0.4, 0.5) is 32.0 Å². The van der Waals surface area contributed by atoms with Gasteiger partial charge in [-0.25, -0.2) is 4.79 Å². The average molecular weight is 381 g/mol. The Bertz CT molecular complexity index is 939. The molecule has 1 aromatic heterocycles. The topological polar surface area (TPSA) is 84.0 Å². The molecule has 140 valence electrons. The van der Waals surface area contributed by atoms with Gasteiger partial charge in [0.15, 0.2) is 0 Å². The highest BCUT2D eigenvalue weighted by atomic mass is 19.4. The van der Waals surface area contributed by atoms with E-state index in [9.17, 15) is 40.7 Å². The number of carbonyl (C=O) groups excluding carboxylic acids is 1. The van der Waals surface area contributed by atoms with Crippen LogP contribution < -0.4 is 16.6 Å². The summed E-state index contributed by atoms with van der Waals surface area (Å²) in [5.74, 6) is -1.28. The molecular weight excluding hydrogens is 372 g/mol. The largest absolute Gasteiger partial charge is 0.416 e. The Balaban J connectivity index is 2.49. The van der Waals surface area contributed by atoms with Crippen molar-refractivity contribution in [1.82, 2.24) is 9.55 Å². The van der Waals surface area contributed by atoms with Gasteiger partial charge in [-0.05, 0) is 18.2 Å². The molecule has 2 rings (SSSR count). The van der Waals surface area contributed by atoms with Crippen LogP contribution in [0.3, 0.4) is 0 Å². The Morgan fingerprint density at radius 2 is 1.50 bits per heavy atom. The number of nitrogens with zero attached hydrogens (tertiary/aromatic N) is 1. The molecule has 1 aromatic carbocycles. The molecule has 0 saturated carbocycles. The minimum absolute atomic E-state index is 0.102. The zero-order valence-electron chi connectivity index (χ0n) is 12.7. The number of benzene rings is 1. The fourth-order valence-electron chi connectivity index (χ4n) is 1.95. The Morgan fingerprint density at radius 1 is 1.00 bits per heavy atom. The third kappa shape index (κ3) is 3.95. The first-order chi connectivity index (χ1) is 11.8. The Labute approximate surface area is 140 Å². The number of alkyl halides is 6. The Morgan fingerprint density at radius 3 is 1.96 bits per heavy atom. The summed E-state index contributed by atoms with van der Waals surface area (Å²) in [5, 5.41) is 1.80. The predicted octanol–water partition coefficient (Wildman–Crippen LogP) is 2.36. The van der Waals surface area contributed by atoms with Gasteiger partial charge in [-0.2, -0.15) is 26.3 Å². The van der Waals surface area contributed by atoms with Crippen LogP contribution in [0.5, 0.6) is 0 Å². The van der Waals surface area contributed by atoms with Gasteiger partial charge in [0.1, 0.15) is 5.56 Å². The van der Waals surface area contributed by atoms with Crippen molar-refractivity contribution in [3.63, 3.8) is 0 Å². The summed E-state index contributed by atoms with van der Waals surface area (Å²) in [6, 6.07) is 0.487. The Hall–Kier alpha value is -3.05. The lowest BCUT2D eigenvalue weighted by Gasteiger charge is -2.14. The number of carbonyl (C=O) groups is 1. The second kappa shape index (κ2) is 6.35. The number of hydrogen-bond acceptors (Lipinski definition) is 3.